The molecule has 0 radical (unpaired) electrons. The molecular formula is C20H18ClNO3. The minimum absolute atomic E-state index is 0.160. The number of halogens is 1. The van der Waals surface area contributed by atoms with E-state index >= 15 is 0 Å². The summed E-state index contributed by atoms with van der Waals surface area (Å²) < 4.78 is 10.8. The zero-order valence-corrected chi connectivity index (χ0v) is 14.7. The first kappa shape index (κ1) is 17.1. The molecule has 1 N–H and O–H groups in total. The predicted octanol–water partition coefficient (Wildman–Crippen LogP) is 5.10. The maximum absolute atomic E-state index is 12.4. The van der Waals surface area contributed by atoms with Gasteiger partial charge in [0.05, 0.1) is 18.2 Å². The Morgan fingerprint density at radius 3 is 2.48 bits per heavy atom. The van der Waals surface area contributed by atoms with Crippen LogP contribution >= 0.6 is 11.6 Å². The number of furan rings is 1. The van der Waals surface area contributed by atoms with Gasteiger partial charge >= 0.3 is 0 Å². The van der Waals surface area contributed by atoms with Gasteiger partial charge in [0, 0.05) is 5.56 Å². The van der Waals surface area contributed by atoms with E-state index in [-0.39, 0.29) is 17.7 Å². The average Bonchev–Trinajstić information content (AvgIpc) is 3.12. The van der Waals surface area contributed by atoms with E-state index in [9.17, 15) is 4.79 Å². The summed E-state index contributed by atoms with van der Waals surface area (Å²) in [7, 11) is 1.62. The molecule has 0 saturated carbocycles. The minimum Gasteiger partial charge on any atom is -0.497 e. The van der Waals surface area contributed by atoms with Crippen LogP contribution in [0.25, 0.3) is 11.3 Å². The van der Waals surface area contributed by atoms with Gasteiger partial charge in [0.2, 0.25) is 0 Å². The molecule has 128 valence electrons. The zero-order valence-electron chi connectivity index (χ0n) is 14.0. The summed E-state index contributed by atoms with van der Waals surface area (Å²) in [5, 5.41) is 3.50. The van der Waals surface area contributed by atoms with Crippen LogP contribution in [-0.2, 0) is 0 Å². The van der Waals surface area contributed by atoms with Crippen molar-refractivity contribution in [3.05, 3.63) is 77.0 Å². The first-order valence-corrected chi connectivity index (χ1v) is 8.26. The molecule has 2 aromatic carbocycles. The van der Waals surface area contributed by atoms with Gasteiger partial charge in [0.15, 0.2) is 5.76 Å². The standard InChI is InChI=1S/C20H18ClNO3/c1-13(14-7-9-15(24-2)10-8-14)22-20(23)19-12-11-18(25-19)16-5-3-4-6-17(16)21/h3-13H,1-2H3,(H,22,23). The Morgan fingerprint density at radius 1 is 1.08 bits per heavy atom. The minimum atomic E-state index is -0.276. The Hall–Kier alpha value is -2.72. The second-order valence-electron chi connectivity index (χ2n) is 5.61. The second kappa shape index (κ2) is 7.45. The summed E-state index contributed by atoms with van der Waals surface area (Å²) in [6.45, 7) is 1.91. The van der Waals surface area contributed by atoms with E-state index < -0.39 is 0 Å². The predicted molar refractivity (Wildman–Crippen MR) is 98.0 cm³/mol. The van der Waals surface area contributed by atoms with Crippen LogP contribution in [0.1, 0.15) is 29.1 Å². The largest absolute Gasteiger partial charge is 0.497 e. The van der Waals surface area contributed by atoms with Crippen molar-refractivity contribution in [3.8, 4) is 17.1 Å². The third-order valence-corrected chi connectivity index (χ3v) is 4.26. The monoisotopic (exact) mass is 355 g/mol. The number of carbonyl (C=O) groups is 1. The summed E-state index contributed by atoms with van der Waals surface area (Å²) in [6.07, 6.45) is 0. The molecule has 0 saturated heterocycles. The molecule has 1 amide bonds. The Labute approximate surface area is 151 Å². The van der Waals surface area contributed by atoms with Crippen molar-refractivity contribution < 1.29 is 13.9 Å². The van der Waals surface area contributed by atoms with E-state index in [0.717, 1.165) is 16.9 Å². The molecule has 3 rings (SSSR count). The van der Waals surface area contributed by atoms with Crippen LogP contribution in [0.3, 0.4) is 0 Å². The Morgan fingerprint density at radius 2 is 1.80 bits per heavy atom. The Kier molecular flexibility index (Phi) is 5.10. The van der Waals surface area contributed by atoms with Gasteiger partial charge < -0.3 is 14.5 Å². The van der Waals surface area contributed by atoms with Crippen LogP contribution in [0.4, 0.5) is 0 Å². The molecule has 3 aromatic rings. The fourth-order valence-corrected chi connectivity index (χ4v) is 2.74. The summed E-state index contributed by atoms with van der Waals surface area (Å²) in [4.78, 5) is 12.4. The summed E-state index contributed by atoms with van der Waals surface area (Å²) >= 11 is 6.17. The van der Waals surface area contributed by atoms with E-state index in [1.807, 2.05) is 49.4 Å². The lowest BCUT2D eigenvalue weighted by Gasteiger charge is -2.13. The number of carbonyl (C=O) groups excluding carboxylic acids is 1. The van der Waals surface area contributed by atoms with Crippen LogP contribution in [0.5, 0.6) is 5.75 Å². The van der Waals surface area contributed by atoms with Crippen molar-refractivity contribution in [3.63, 3.8) is 0 Å². The highest BCUT2D eigenvalue weighted by Gasteiger charge is 2.16. The van der Waals surface area contributed by atoms with Gasteiger partial charge in [0.25, 0.3) is 5.91 Å². The summed E-state index contributed by atoms with van der Waals surface area (Å²) in [6, 6.07) is 18.1. The van der Waals surface area contributed by atoms with Gasteiger partial charge in [-0.3, -0.25) is 4.79 Å². The molecule has 1 aromatic heterocycles. The highest BCUT2D eigenvalue weighted by molar-refractivity contribution is 6.33. The number of hydrogen-bond acceptors (Lipinski definition) is 3. The molecule has 0 aliphatic heterocycles. The molecule has 1 atom stereocenters. The van der Waals surface area contributed by atoms with E-state index in [1.165, 1.54) is 0 Å². The van der Waals surface area contributed by atoms with Crippen molar-refractivity contribution >= 4 is 17.5 Å². The van der Waals surface area contributed by atoms with Crippen molar-refractivity contribution in [1.82, 2.24) is 5.32 Å². The Balaban J connectivity index is 1.72. The van der Waals surface area contributed by atoms with E-state index in [1.54, 1.807) is 25.3 Å². The maximum Gasteiger partial charge on any atom is 0.287 e. The molecular weight excluding hydrogens is 338 g/mol. The molecule has 0 spiro atoms. The number of nitrogens with one attached hydrogen (secondary N) is 1. The SMILES string of the molecule is COc1ccc(C(C)NC(=O)c2ccc(-c3ccccc3Cl)o2)cc1. The van der Waals surface area contributed by atoms with Crippen LogP contribution < -0.4 is 10.1 Å². The van der Waals surface area contributed by atoms with E-state index in [2.05, 4.69) is 5.32 Å². The molecule has 1 unspecified atom stereocenters. The second-order valence-corrected chi connectivity index (χ2v) is 6.02. The molecule has 0 fully saturated rings. The molecule has 0 bridgehead atoms. The third kappa shape index (κ3) is 3.86. The number of rotatable bonds is 5. The lowest BCUT2D eigenvalue weighted by Crippen LogP contribution is -2.26. The van der Waals surface area contributed by atoms with Crippen molar-refractivity contribution in [2.24, 2.45) is 0 Å². The van der Waals surface area contributed by atoms with E-state index in [4.69, 9.17) is 20.8 Å². The topological polar surface area (TPSA) is 51.5 Å². The van der Waals surface area contributed by atoms with Crippen molar-refractivity contribution in [2.75, 3.05) is 7.11 Å². The highest BCUT2D eigenvalue weighted by atomic mass is 35.5. The fourth-order valence-electron chi connectivity index (χ4n) is 2.51. The fraction of sp³-hybridized carbons (Fsp3) is 0.150. The number of amides is 1. The lowest BCUT2D eigenvalue weighted by molar-refractivity contribution is 0.0912. The van der Waals surface area contributed by atoms with Crippen molar-refractivity contribution in [2.45, 2.75) is 13.0 Å². The highest BCUT2D eigenvalue weighted by Crippen LogP contribution is 2.29. The van der Waals surface area contributed by atoms with Gasteiger partial charge in [0.1, 0.15) is 11.5 Å². The van der Waals surface area contributed by atoms with Crippen LogP contribution in [0, 0.1) is 0 Å². The molecule has 5 heteroatoms. The molecule has 0 aliphatic carbocycles. The maximum atomic E-state index is 12.4. The number of methoxy groups -OCH3 is 1. The number of benzene rings is 2. The number of ether oxygens (including phenoxy) is 1. The first-order valence-electron chi connectivity index (χ1n) is 7.88. The van der Waals surface area contributed by atoms with Crippen LogP contribution in [-0.4, -0.2) is 13.0 Å². The summed E-state index contributed by atoms with van der Waals surface area (Å²) in [5.74, 6) is 1.31. The quantitative estimate of drug-likeness (QED) is 0.692. The number of hydrogen-bond donors (Lipinski definition) is 1. The van der Waals surface area contributed by atoms with Crippen molar-refractivity contribution in [1.29, 1.82) is 0 Å². The summed E-state index contributed by atoms with van der Waals surface area (Å²) in [5.41, 5.74) is 1.73. The Bertz CT molecular complexity index is 871. The lowest BCUT2D eigenvalue weighted by atomic mass is 10.1. The zero-order chi connectivity index (χ0) is 17.8. The van der Waals surface area contributed by atoms with Crippen LogP contribution in [0.15, 0.2) is 65.1 Å². The normalized spacial score (nSPS) is 11.8. The van der Waals surface area contributed by atoms with Gasteiger partial charge in [-0.05, 0) is 48.9 Å². The van der Waals surface area contributed by atoms with Gasteiger partial charge in [-0.15, -0.1) is 0 Å². The first-order chi connectivity index (χ1) is 12.1. The van der Waals surface area contributed by atoms with Gasteiger partial charge in [-0.1, -0.05) is 35.9 Å². The van der Waals surface area contributed by atoms with Gasteiger partial charge in [-0.2, -0.15) is 0 Å². The molecule has 1 heterocycles. The smallest absolute Gasteiger partial charge is 0.287 e. The van der Waals surface area contributed by atoms with Crippen LogP contribution in [0.2, 0.25) is 5.02 Å². The molecule has 0 aliphatic rings. The molecule has 4 nitrogen and oxygen atoms in total. The molecule has 25 heavy (non-hydrogen) atoms. The van der Waals surface area contributed by atoms with Gasteiger partial charge in [-0.25, -0.2) is 0 Å². The van der Waals surface area contributed by atoms with E-state index in [0.29, 0.717) is 10.8 Å². The average molecular weight is 356 g/mol. The third-order valence-electron chi connectivity index (χ3n) is 3.93.